The maximum atomic E-state index is 12.8. The average Bonchev–Trinajstić information content (AvgIpc) is 3.46. The predicted octanol–water partition coefficient (Wildman–Crippen LogP) is 2.86. The second-order valence-electron chi connectivity index (χ2n) is 6.91. The molecule has 1 N–H and O–H groups in total. The fourth-order valence-corrected chi connectivity index (χ4v) is 3.16. The number of hydrogen-bond acceptors (Lipinski definition) is 7. The molecule has 0 fully saturated rings. The molecule has 3 aromatic rings. The van der Waals surface area contributed by atoms with Gasteiger partial charge in [-0.1, -0.05) is 24.3 Å². The van der Waals surface area contributed by atoms with Crippen molar-refractivity contribution in [3.05, 3.63) is 95.1 Å². The molecule has 0 radical (unpaired) electrons. The molecule has 1 aliphatic heterocycles. The fraction of sp³-hybridized carbons (Fsp3) is 0.0833. The minimum Gasteiger partial charge on any atom is -0.497 e. The summed E-state index contributed by atoms with van der Waals surface area (Å²) in [5, 5.41) is 2.45. The fourth-order valence-electron chi connectivity index (χ4n) is 3.16. The van der Waals surface area contributed by atoms with Gasteiger partial charge in [0.25, 0.3) is 17.7 Å². The molecule has 1 aliphatic rings. The van der Waals surface area contributed by atoms with E-state index in [1.807, 2.05) is 0 Å². The van der Waals surface area contributed by atoms with Crippen molar-refractivity contribution in [1.29, 1.82) is 0 Å². The number of rotatable bonds is 7. The number of imide groups is 1. The summed E-state index contributed by atoms with van der Waals surface area (Å²) in [6, 6.07) is 16.0. The molecule has 0 unspecified atom stereocenters. The molecular weight excluding hydrogens is 428 g/mol. The van der Waals surface area contributed by atoms with Crippen LogP contribution in [-0.4, -0.2) is 42.4 Å². The van der Waals surface area contributed by atoms with Crippen LogP contribution in [0.4, 0.5) is 0 Å². The third-order valence-electron chi connectivity index (χ3n) is 4.84. The molecule has 166 valence electrons. The van der Waals surface area contributed by atoms with Crippen molar-refractivity contribution in [3.8, 4) is 5.75 Å². The van der Waals surface area contributed by atoms with Crippen LogP contribution in [0.2, 0.25) is 0 Å². The Morgan fingerprint density at radius 2 is 1.64 bits per heavy atom. The third-order valence-corrected chi connectivity index (χ3v) is 4.84. The van der Waals surface area contributed by atoms with Crippen LogP contribution in [0, 0.1) is 0 Å². The van der Waals surface area contributed by atoms with E-state index in [1.54, 1.807) is 36.4 Å². The zero-order chi connectivity index (χ0) is 23.4. The van der Waals surface area contributed by atoms with Gasteiger partial charge >= 0.3 is 5.97 Å². The highest BCUT2D eigenvalue weighted by molar-refractivity contribution is 6.21. The smallest absolute Gasteiger partial charge is 0.356 e. The van der Waals surface area contributed by atoms with Gasteiger partial charge in [0.15, 0.2) is 12.5 Å². The van der Waals surface area contributed by atoms with Crippen molar-refractivity contribution >= 4 is 29.8 Å². The van der Waals surface area contributed by atoms with E-state index in [1.165, 1.54) is 43.7 Å². The monoisotopic (exact) mass is 446 g/mol. The highest BCUT2D eigenvalue weighted by Crippen LogP contribution is 2.22. The Balaban J connectivity index is 1.52. The SMILES string of the molecule is COc1ccc(/C=C(\NC(=O)c2ccco2)C(=O)OCN2C(=O)c3ccccc3C2=O)cc1. The standard InChI is InChI=1S/C24H18N2O7/c1-31-16-10-8-15(9-11-16)13-19(25-21(27)20-7-4-12-32-20)24(30)33-14-26-22(28)17-5-2-3-6-18(17)23(26)29/h2-13H,14H2,1H3,(H,25,27)/b19-13-. The molecule has 0 saturated carbocycles. The van der Waals surface area contributed by atoms with Gasteiger partial charge in [0.05, 0.1) is 24.5 Å². The first-order valence-corrected chi connectivity index (χ1v) is 9.81. The molecular formula is C24H18N2O7. The normalized spacial score (nSPS) is 13.0. The molecule has 0 atom stereocenters. The quantitative estimate of drug-likeness (QED) is 0.337. The van der Waals surface area contributed by atoms with Gasteiger partial charge in [-0.05, 0) is 48.0 Å². The van der Waals surface area contributed by atoms with Gasteiger partial charge in [-0.3, -0.25) is 14.4 Å². The second-order valence-corrected chi connectivity index (χ2v) is 6.91. The van der Waals surface area contributed by atoms with Crippen molar-refractivity contribution < 1.29 is 33.1 Å². The number of carbonyl (C=O) groups excluding carboxylic acids is 4. The highest BCUT2D eigenvalue weighted by Gasteiger charge is 2.36. The molecule has 9 heteroatoms. The summed E-state index contributed by atoms with van der Waals surface area (Å²) in [6.07, 6.45) is 2.72. The first-order chi connectivity index (χ1) is 16.0. The number of nitrogens with one attached hydrogen (secondary N) is 1. The van der Waals surface area contributed by atoms with Crippen LogP contribution in [0.25, 0.3) is 6.08 Å². The summed E-state index contributed by atoms with van der Waals surface area (Å²) in [5.41, 5.74) is 0.832. The summed E-state index contributed by atoms with van der Waals surface area (Å²) >= 11 is 0. The van der Waals surface area contributed by atoms with Crippen molar-refractivity contribution in [2.75, 3.05) is 13.8 Å². The molecule has 1 aromatic heterocycles. The topological polar surface area (TPSA) is 115 Å². The van der Waals surface area contributed by atoms with Gasteiger partial charge in [-0.25, -0.2) is 9.69 Å². The number of furan rings is 1. The van der Waals surface area contributed by atoms with Crippen LogP contribution in [0.3, 0.4) is 0 Å². The molecule has 4 rings (SSSR count). The number of nitrogens with zero attached hydrogens (tertiary/aromatic N) is 1. The van der Waals surface area contributed by atoms with Crippen LogP contribution >= 0.6 is 0 Å². The second kappa shape index (κ2) is 9.23. The van der Waals surface area contributed by atoms with E-state index in [-0.39, 0.29) is 22.6 Å². The van der Waals surface area contributed by atoms with E-state index in [9.17, 15) is 19.2 Å². The Morgan fingerprint density at radius 1 is 0.970 bits per heavy atom. The van der Waals surface area contributed by atoms with Gasteiger partial charge < -0.3 is 19.2 Å². The number of fused-ring (bicyclic) bond motifs is 1. The largest absolute Gasteiger partial charge is 0.497 e. The molecule has 2 heterocycles. The number of amides is 3. The Kier molecular flexibility index (Phi) is 6.03. The Labute approximate surface area is 188 Å². The van der Waals surface area contributed by atoms with Crippen LogP contribution in [0.15, 0.2) is 77.0 Å². The van der Waals surface area contributed by atoms with Crippen molar-refractivity contribution in [1.82, 2.24) is 10.2 Å². The van der Waals surface area contributed by atoms with Crippen LogP contribution < -0.4 is 10.1 Å². The van der Waals surface area contributed by atoms with E-state index in [0.29, 0.717) is 11.3 Å². The minimum atomic E-state index is -0.942. The van der Waals surface area contributed by atoms with E-state index in [2.05, 4.69) is 5.32 Å². The zero-order valence-corrected chi connectivity index (χ0v) is 17.4. The summed E-state index contributed by atoms with van der Waals surface area (Å²) in [5.74, 6) is -2.14. The highest BCUT2D eigenvalue weighted by atomic mass is 16.5. The summed E-state index contributed by atoms with van der Waals surface area (Å²) in [7, 11) is 1.52. The number of benzene rings is 2. The zero-order valence-electron chi connectivity index (χ0n) is 17.4. The predicted molar refractivity (Wildman–Crippen MR) is 115 cm³/mol. The number of ether oxygens (including phenoxy) is 2. The third kappa shape index (κ3) is 4.52. The van der Waals surface area contributed by atoms with Crippen LogP contribution in [-0.2, 0) is 9.53 Å². The lowest BCUT2D eigenvalue weighted by molar-refractivity contribution is -0.141. The van der Waals surface area contributed by atoms with E-state index in [4.69, 9.17) is 13.9 Å². The van der Waals surface area contributed by atoms with Gasteiger partial charge in [0.2, 0.25) is 0 Å². The maximum absolute atomic E-state index is 12.8. The number of methoxy groups -OCH3 is 1. The van der Waals surface area contributed by atoms with E-state index in [0.717, 1.165) is 4.90 Å². The van der Waals surface area contributed by atoms with Crippen LogP contribution in [0.1, 0.15) is 36.8 Å². The van der Waals surface area contributed by atoms with Crippen molar-refractivity contribution in [2.45, 2.75) is 0 Å². The lowest BCUT2D eigenvalue weighted by Gasteiger charge is -2.15. The number of esters is 1. The molecule has 3 amide bonds. The number of carbonyl (C=O) groups is 4. The first kappa shape index (κ1) is 21.6. The van der Waals surface area contributed by atoms with Gasteiger partial charge in [0, 0.05) is 0 Å². The average molecular weight is 446 g/mol. The van der Waals surface area contributed by atoms with Gasteiger partial charge in [0.1, 0.15) is 11.4 Å². The van der Waals surface area contributed by atoms with Crippen molar-refractivity contribution in [3.63, 3.8) is 0 Å². The molecule has 0 spiro atoms. The number of hydrogen-bond donors (Lipinski definition) is 1. The molecule has 33 heavy (non-hydrogen) atoms. The summed E-state index contributed by atoms with van der Waals surface area (Å²) in [4.78, 5) is 51.0. The Morgan fingerprint density at radius 3 is 2.21 bits per heavy atom. The minimum absolute atomic E-state index is 0.0104. The molecule has 9 nitrogen and oxygen atoms in total. The summed E-state index contributed by atoms with van der Waals surface area (Å²) in [6.45, 7) is -0.609. The van der Waals surface area contributed by atoms with Crippen molar-refractivity contribution in [2.24, 2.45) is 0 Å². The maximum Gasteiger partial charge on any atom is 0.356 e. The molecule has 0 aliphatic carbocycles. The first-order valence-electron chi connectivity index (χ1n) is 9.81. The molecule has 0 saturated heterocycles. The lowest BCUT2D eigenvalue weighted by atomic mass is 10.1. The van der Waals surface area contributed by atoms with E-state index < -0.39 is 30.4 Å². The Hall–Kier alpha value is -4.66. The van der Waals surface area contributed by atoms with Gasteiger partial charge in [-0.15, -0.1) is 0 Å². The van der Waals surface area contributed by atoms with Crippen LogP contribution in [0.5, 0.6) is 5.75 Å². The van der Waals surface area contributed by atoms with Gasteiger partial charge in [-0.2, -0.15) is 0 Å². The molecule has 2 aromatic carbocycles. The lowest BCUT2D eigenvalue weighted by Crippen LogP contribution is -2.35. The Bertz CT molecular complexity index is 1210. The summed E-state index contributed by atoms with van der Waals surface area (Å²) < 4.78 is 15.4. The molecule has 0 bridgehead atoms. The van der Waals surface area contributed by atoms with E-state index >= 15 is 0 Å².